The summed E-state index contributed by atoms with van der Waals surface area (Å²) in [6.07, 6.45) is 4.66. The topological polar surface area (TPSA) is 126 Å². The molecular formula is C23H30N6O4. The lowest BCUT2D eigenvalue weighted by molar-refractivity contribution is -0.127. The number of nitrogens with one attached hydrogen (secondary N) is 3. The SMILES string of the molecule is CN(C)C1CC(C(=O)Nc2cc(Oc3ccc(NC(=O)NC(=O)C(C)(C)C)nc3)ccn2)C1. The van der Waals surface area contributed by atoms with Crippen molar-refractivity contribution in [1.82, 2.24) is 20.2 Å². The number of hydrogen-bond acceptors (Lipinski definition) is 7. The summed E-state index contributed by atoms with van der Waals surface area (Å²) in [5.74, 6) is 1.15. The minimum Gasteiger partial charge on any atom is -0.456 e. The van der Waals surface area contributed by atoms with E-state index in [1.807, 2.05) is 14.1 Å². The number of anilines is 2. The molecule has 3 N–H and O–H groups in total. The second-order valence-corrected chi connectivity index (χ2v) is 9.29. The average Bonchev–Trinajstić information content (AvgIpc) is 2.67. The smallest absolute Gasteiger partial charge is 0.327 e. The van der Waals surface area contributed by atoms with E-state index in [4.69, 9.17) is 4.74 Å². The van der Waals surface area contributed by atoms with Gasteiger partial charge in [-0.1, -0.05) is 20.8 Å². The molecule has 0 unspecified atom stereocenters. The first kappa shape index (κ1) is 24.1. The number of carbonyl (C=O) groups excluding carboxylic acids is 3. The molecule has 0 saturated heterocycles. The molecule has 0 aromatic carbocycles. The van der Waals surface area contributed by atoms with Gasteiger partial charge >= 0.3 is 6.03 Å². The van der Waals surface area contributed by atoms with Crippen LogP contribution in [-0.4, -0.2) is 52.9 Å². The van der Waals surface area contributed by atoms with Crippen molar-refractivity contribution < 1.29 is 19.1 Å². The van der Waals surface area contributed by atoms with Crippen LogP contribution in [0.2, 0.25) is 0 Å². The molecule has 176 valence electrons. The van der Waals surface area contributed by atoms with E-state index in [2.05, 4.69) is 30.8 Å². The first-order chi connectivity index (χ1) is 15.5. The fraction of sp³-hybridized carbons (Fsp3) is 0.435. The number of carbonyl (C=O) groups is 3. The fourth-order valence-electron chi connectivity index (χ4n) is 3.08. The van der Waals surface area contributed by atoms with E-state index < -0.39 is 17.4 Å². The molecule has 1 aliphatic carbocycles. The van der Waals surface area contributed by atoms with Gasteiger partial charge < -0.3 is 15.0 Å². The highest BCUT2D eigenvalue weighted by atomic mass is 16.5. The number of pyridine rings is 2. The standard InChI is InChI=1S/C23H30N6O4/c1-23(2,3)21(31)28-22(32)27-18-7-6-17(13-25-18)33-16-8-9-24-19(12-16)26-20(30)14-10-15(11-14)29(4)5/h6-9,12-15H,10-11H2,1-5H3,(H,24,26,30)(H2,25,27,28,31,32). The molecule has 0 bridgehead atoms. The van der Waals surface area contributed by atoms with Crippen molar-refractivity contribution in [3.05, 3.63) is 36.7 Å². The van der Waals surface area contributed by atoms with Crippen LogP contribution in [0.15, 0.2) is 36.7 Å². The summed E-state index contributed by atoms with van der Waals surface area (Å²) in [4.78, 5) is 46.6. The molecule has 0 spiro atoms. The zero-order chi connectivity index (χ0) is 24.2. The molecule has 0 radical (unpaired) electrons. The average molecular weight is 455 g/mol. The maximum Gasteiger partial charge on any atom is 0.327 e. The molecule has 1 fully saturated rings. The van der Waals surface area contributed by atoms with Crippen molar-refractivity contribution in [2.75, 3.05) is 24.7 Å². The fourth-order valence-corrected chi connectivity index (χ4v) is 3.08. The molecule has 2 aromatic rings. The van der Waals surface area contributed by atoms with Gasteiger partial charge in [0.25, 0.3) is 0 Å². The largest absolute Gasteiger partial charge is 0.456 e. The molecule has 0 aliphatic heterocycles. The van der Waals surface area contributed by atoms with Crippen molar-refractivity contribution in [3.8, 4) is 11.5 Å². The van der Waals surface area contributed by atoms with Gasteiger partial charge in [0.2, 0.25) is 11.8 Å². The van der Waals surface area contributed by atoms with E-state index in [-0.39, 0.29) is 17.6 Å². The minimum atomic E-state index is -0.683. The zero-order valence-electron chi connectivity index (χ0n) is 19.5. The molecule has 1 aliphatic rings. The van der Waals surface area contributed by atoms with E-state index >= 15 is 0 Å². The number of ether oxygens (including phenoxy) is 1. The third-order valence-corrected chi connectivity index (χ3v) is 5.32. The third kappa shape index (κ3) is 6.72. The minimum absolute atomic E-state index is 0.0103. The number of hydrogen-bond donors (Lipinski definition) is 3. The Balaban J connectivity index is 1.52. The molecular weight excluding hydrogens is 424 g/mol. The monoisotopic (exact) mass is 454 g/mol. The number of amides is 4. The van der Waals surface area contributed by atoms with Crippen molar-refractivity contribution in [3.63, 3.8) is 0 Å². The van der Waals surface area contributed by atoms with E-state index in [1.54, 1.807) is 51.2 Å². The summed E-state index contributed by atoms with van der Waals surface area (Å²) in [5, 5.41) is 7.60. The van der Waals surface area contributed by atoms with E-state index in [9.17, 15) is 14.4 Å². The Morgan fingerprint density at radius 1 is 1.00 bits per heavy atom. The van der Waals surface area contributed by atoms with Crippen LogP contribution in [-0.2, 0) is 9.59 Å². The van der Waals surface area contributed by atoms with Gasteiger partial charge in [-0.15, -0.1) is 0 Å². The zero-order valence-corrected chi connectivity index (χ0v) is 19.5. The van der Waals surface area contributed by atoms with Crippen molar-refractivity contribution >= 4 is 29.5 Å². The van der Waals surface area contributed by atoms with Crippen LogP contribution in [0.25, 0.3) is 0 Å². The quantitative estimate of drug-likeness (QED) is 0.612. The molecule has 0 atom stereocenters. The van der Waals surface area contributed by atoms with Crippen LogP contribution in [0, 0.1) is 11.3 Å². The number of aromatic nitrogens is 2. The van der Waals surface area contributed by atoms with Crippen molar-refractivity contribution in [2.45, 2.75) is 39.7 Å². The van der Waals surface area contributed by atoms with Crippen LogP contribution in [0.3, 0.4) is 0 Å². The van der Waals surface area contributed by atoms with Crippen LogP contribution < -0.4 is 20.7 Å². The molecule has 33 heavy (non-hydrogen) atoms. The third-order valence-electron chi connectivity index (χ3n) is 5.32. The van der Waals surface area contributed by atoms with Gasteiger partial charge in [0.1, 0.15) is 23.1 Å². The highest BCUT2D eigenvalue weighted by molar-refractivity contribution is 6.02. The first-order valence-electron chi connectivity index (χ1n) is 10.7. The van der Waals surface area contributed by atoms with Gasteiger partial charge in [-0.3, -0.25) is 20.2 Å². The number of rotatable bonds is 6. The van der Waals surface area contributed by atoms with Gasteiger partial charge in [-0.05, 0) is 45.1 Å². The number of nitrogens with zero attached hydrogens (tertiary/aromatic N) is 3. The summed E-state index contributed by atoms with van der Waals surface area (Å²) in [5.41, 5.74) is -0.683. The maximum atomic E-state index is 12.4. The normalized spacial score (nSPS) is 17.6. The molecule has 2 aromatic heterocycles. The van der Waals surface area contributed by atoms with Crippen molar-refractivity contribution in [2.24, 2.45) is 11.3 Å². The summed E-state index contributed by atoms with van der Waals surface area (Å²) >= 11 is 0. The molecule has 2 heterocycles. The summed E-state index contributed by atoms with van der Waals surface area (Å²) in [6.45, 7) is 5.14. The molecule has 10 heteroatoms. The van der Waals surface area contributed by atoms with Crippen LogP contribution in [0.1, 0.15) is 33.6 Å². The molecule has 4 amide bonds. The number of urea groups is 1. The maximum absolute atomic E-state index is 12.4. The second kappa shape index (κ2) is 9.95. The Morgan fingerprint density at radius 2 is 1.73 bits per heavy atom. The Bertz CT molecular complexity index is 1010. The molecule has 1 saturated carbocycles. The van der Waals surface area contributed by atoms with Gasteiger partial charge in [0.15, 0.2) is 0 Å². The Morgan fingerprint density at radius 3 is 2.33 bits per heavy atom. The van der Waals surface area contributed by atoms with Gasteiger partial charge in [0.05, 0.1) is 6.20 Å². The Hall–Kier alpha value is -3.53. The summed E-state index contributed by atoms with van der Waals surface area (Å²) < 4.78 is 5.78. The van der Waals surface area contributed by atoms with Crippen LogP contribution in [0.5, 0.6) is 11.5 Å². The number of imide groups is 1. The summed E-state index contributed by atoms with van der Waals surface area (Å²) in [7, 11) is 4.03. The lowest BCUT2D eigenvalue weighted by Gasteiger charge is -2.38. The van der Waals surface area contributed by atoms with E-state index in [0.29, 0.717) is 23.4 Å². The predicted octanol–water partition coefficient (Wildman–Crippen LogP) is 3.24. The van der Waals surface area contributed by atoms with Gasteiger partial charge in [-0.2, -0.15) is 0 Å². The van der Waals surface area contributed by atoms with Crippen molar-refractivity contribution in [1.29, 1.82) is 0 Å². The van der Waals surface area contributed by atoms with E-state index in [1.165, 1.54) is 6.20 Å². The predicted molar refractivity (Wildman–Crippen MR) is 124 cm³/mol. The van der Waals surface area contributed by atoms with Crippen LogP contribution in [0.4, 0.5) is 16.4 Å². The first-order valence-corrected chi connectivity index (χ1v) is 10.7. The van der Waals surface area contributed by atoms with Crippen LogP contribution >= 0.6 is 0 Å². The lowest BCUT2D eigenvalue weighted by Crippen LogP contribution is -2.45. The second-order valence-electron chi connectivity index (χ2n) is 9.29. The highest BCUT2D eigenvalue weighted by Gasteiger charge is 2.35. The molecule has 10 nitrogen and oxygen atoms in total. The summed E-state index contributed by atoms with van der Waals surface area (Å²) in [6, 6.07) is 6.27. The lowest BCUT2D eigenvalue weighted by atomic mass is 9.79. The van der Waals surface area contributed by atoms with E-state index in [0.717, 1.165) is 12.8 Å². The highest BCUT2D eigenvalue weighted by Crippen LogP contribution is 2.31. The van der Waals surface area contributed by atoms with Gasteiger partial charge in [-0.25, -0.2) is 14.8 Å². The Kier molecular flexibility index (Phi) is 7.27. The van der Waals surface area contributed by atoms with Gasteiger partial charge in [0, 0.05) is 29.6 Å². The Labute approximate surface area is 193 Å². The molecule has 3 rings (SSSR count).